The molecule has 1 saturated heterocycles. The Kier molecular flexibility index (Phi) is 2.04. The number of aromatic nitrogens is 2. The molecule has 1 N–H and O–H groups in total. The van der Waals surface area contributed by atoms with Crippen LogP contribution in [0.4, 0.5) is 0 Å². The van der Waals surface area contributed by atoms with Gasteiger partial charge in [0.1, 0.15) is 0 Å². The van der Waals surface area contributed by atoms with Crippen LogP contribution in [0.1, 0.15) is 24.4 Å². The molecule has 2 heterocycles. The summed E-state index contributed by atoms with van der Waals surface area (Å²) in [5, 5.41) is 7.07. The molecule has 1 aromatic heterocycles. The molecule has 1 aliphatic rings. The van der Waals surface area contributed by atoms with Crippen LogP contribution in [0.15, 0.2) is 12.4 Å². The fourth-order valence-corrected chi connectivity index (χ4v) is 1.58. The molecule has 1 aliphatic heterocycles. The van der Waals surface area contributed by atoms with Crippen molar-refractivity contribution in [2.75, 3.05) is 6.54 Å². The predicted octanol–water partition coefficient (Wildman–Crippen LogP) is 0.643. The Labute approximate surface area is 76.9 Å². The second-order valence-corrected chi connectivity index (χ2v) is 3.49. The van der Waals surface area contributed by atoms with E-state index in [1.807, 2.05) is 24.0 Å². The molecule has 4 heteroatoms. The third-order valence-electron chi connectivity index (χ3n) is 2.34. The van der Waals surface area contributed by atoms with Gasteiger partial charge in [-0.2, -0.15) is 5.10 Å². The number of carbonyl (C=O) groups excluding carboxylic acids is 1. The minimum absolute atomic E-state index is 0.153. The predicted molar refractivity (Wildman–Crippen MR) is 48.2 cm³/mol. The average molecular weight is 179 g/mol. The summed E-state index contributed by atoms with van der Waals surface area (Å²) in [5.41, 5.74) is 1.16. The SMILES string of the molecule is Cc1cnn(C2CCC(=O)NC2)c1. The van der Waals surface area contributed by atoms with Gasteiger partial charge in [-0.25, -0.2) is 0 Å². The molecule has 1 aromatic rings. The van der Waals surface area contributed by atoms with Crippen molar-refractivity contribution in [1.29, 1.82) is 0 Å². The maximum absolute atomic E-state index is 10.9. The molecule has 70 valence electrons. The number of piperidine rings is 1. The van der Waals surface area contributed by atoms with Gasteiger partial charge in [-0.05, 0) is 18.9 Å². The van der Waals surface area contributed by atoms with Crippen molar-refractivity contribution in [2.45, 2.75) is 25.8 Å². The highest BCUT2D eigenvalue weighted by molar-refractivity contribution is 5.76. The number of amides is 1. The number of hydrogen-bond acceptors (Lipinski definition) is 2. The first-order chi connectivity index (χ1) is 6.25. The van der Waals surface area contributed by atoms with E-state index >= 15 is 0 Å². The van der Waals surface area contributed by atoms with Gasteiger partial charge in [0.15, 0.2) is 0 Å². The quantitative estimate of drug-likeness (QED) is 0.687. The van der Waals surface area contributed by atoms with Crippen LogP contribution in [0.3, 0.4) is 0 Å². The van der Waals surface area contributed by atoms with Crippen molar-refractivity contribution < 1.29 is 4.79 Å². The van der Waals surface area contributed by atoms with Gasteiger partial charge in [-0.1, -0.05) is 0 Å². The zero-order valence-corrected chi connectivity index (χ0v) is 7.66. The summed E-state index contributed by atoms with van der Waals surface area (Å²) in [6.45, 7) is 2.73. The fraction of sp³-hybridized carbons (Fsp3) is 0.556. The summed E-state index contributed by atoms with van der Waals surface area (Å²) < 4.78 is 1.94. The van der Waals surface area contributed by atoms with Crippen LogP contribution in [-0.2, 0) is 4.79 Å². The molecule has 0 bridgehead atoms. The summed E-state index contributed by atoms with van der Waals surface area (Å²) >= 11 is 0. The maximum Gasteiger partial charge on any atom is 0.220 e. The van der Waals surface area contributed by atoms with E-state index in [-0.39, 0.29) is 5.91 Å². The number of rotatable bonds is 1. The second-order valence-electron chi connectivity index (χ2n) is 3.49. The van der Waals surface area contributed by atoms with E-state index in [1.165, 1.54) is 0 Å². The molecule has 13 heavy (non-hydrogen) atoms. The Morgan fingerprint density at radius 3 is 3.08 bits per heavy atom. The van der Waals surface area contributed by atoms with Gasteiger partial charge in [-0.3, -0.25) is 9.48 Å². The van der Waals surface area contributed by atoms with Crippen molar-refractivity contribution in [3.63, 3.8) is 0 Å². The van der Waals surface area contributed by atoms with Gasteiger partial charge in [0.25, 0.3) is 0 Å². The van der Waals surface area contributed by atoms with Crippen LogP contribution in [0.2, 0.25) is 0 Å². The topological polar surface area (TPSA) is 46.9 Å². The normalized spacial score (nSPS) is 22.8. The third kappa shape index (κ3) is 1.71. The molecule has 4 nitrogen and oxygen atoms in total. The number of hydrogen-bond donors (Lipinski definition) is 1. The Morgan fingerprint density at radius 1 is 1.69 bits per heavy atom. The van der Waals surface area contributed by atoms with Gasteiger partial charge in [0.2, 0.25) is 5.91 Å². The number of carbonyl (C=O) groups is 1. The van der Waals surface area contributed by atoms with Crippen LogP contribution in [0, 0.1) is 6.92 Å². The van der Waals surface area contributed by atoms with Crippen LogP contribution in [-0.4, -0.2) is 22.2 Å². The summed E-state index contributed by atoms with van der Waals surface area (Å²) in [7, 11) is 0. The second kappa shape index (κ2) is 3.20. The number of nitrogens with one attached hydrogen (secondary N) is 1. The Bertz CT molecular complexity index is 308. The zero-order valence-electron chi connectivity index (χ0n) is 7.66. The molecule has 0 aromatic carbocycles. The number of nitrogens with zero attached hydrogens (tertiary/aromatic N) is 2. The summed E-state index contributed by atoms with van der Waals surface area (Å²) in [4.78, 5) is 10.9. The van der Waals surface area contributed by atoms with Crippen LogP contribution in [0.5, 0.6) is 0 Å². The van der Waals surface area contributed by atoms with Crippen molar-refractivity contribution in [3.05, 3.63) is 18.0 Å². The first-order valence-corrected chi connectivity index (χ1v) is 4.53. The van der Waals surface area contributed by atoms with Crippen LogP contribution < -0.4 is 5.32 Å². The van der Waals surface area contributed by atoms with Gasteiger partial charge in [-0.15, -0.1) is 0 Å². The largest absolute Gasteiger partial charge is 0.354 e. The fourth-order valence-electron chi connectivity index (χ4n) is 1.58. The van der Waals surface area contributed by atoms with Gasteiger partial charge < -0.3 is 5.32 Å². The van der Waals surface area contributed by atoms with Gasteiger partial charge in [0, 0.05) is 19.2 Å². The molecular weight excluding hydrogens is 166 g/mol. The van der Waals surface area contributed by atoms with Crippen LogP contribution >= 0.6 is 0 Å². The molecule has 1 fully saturated rings. The average Bonchev–Trinajstić information content (AvgIpc) is 2.53. The highest BCUT2D eigenvalue weighted by atomic mass is 16.1. The molecule has 2 rings (SSSR count). The van der Waals surface area contributed by atoms with E-state index in [0.717, 1.165) is 12.0 Å². The molecule has 1 unspecified atom stereocenters. The van der Waals surface area contributed by atoms with E-state index in [2.05, 4.69) is 10.4 Å². The highest BCUT2D eigenvalue weighted by Crippen LogP contribution is 2.16. The maximum atomic E-state index is 10.9. The number of aryl methyl sites for hydroxylation is 1. The van der Waals surface area contributed by atoms with Crippen molar-refractivity contribution in [3.8, 4) is 0 Å². The first-order valence-electron chi connectivity index (χ1n) is 4.53. The Balaban J connectivity index is 2.06. The van der Waals surface area contributed by atoms with E-state index in [0.29, 0.717) is 19.0 Å². The minimum atomic E-state index is 0.153. The summed E-state index contributed by atoms with van der Waals surface area (Å²) in [6, 6.07) is 0.339. The molecule has 0 aliphatic carbocycles. The molecule has 0 radical (unpaired) electrons. The smallest absolute Gasteiger partial charge is 0.220 e. The van der Waals surface area contributed by atoms with Gasteiger partial charge in [0.05, 0.1) is 12.2 Å². The lowest BCUT2D eigenvalue weighted by atomic mass is 10.1. The Hall–Kier alpha value is -1.32. The van der Waals surface area contributed by atoms with Gasteiger partial charge >= 0.3 is 0 Å². The lowest BCUT2D eigenvalue weighted by molar-refractivity contribution is -0.122. The molecule has 1 atom stereocenters. The third-order valence-corrected chi connectivity index (χ3v) is 2.34. The molecule has 0 spiro atoms. The zero-order chi connectivity index (χ0) is 9.26. The lowest BCUT2D eigenvalue weighted by Gasteiger charge is -2.22. The molecule has 0 saturated carbocycles. The van der Waals surface area contributed by atoms with Crippen molar-refractivity contribution >= 4 is 5.91 Å². The van der Waals surface area contributed by atoms with E-state index in [4.69, 9.17) is 0 Å². The van der Waals surface area contributed by atoms with Crippen molar-refractivity contribution in [1.82, 2.24) is 15.1 Å². The Morgan fingerprint density at radius 2 is 2.54 bits per heavy atom. The van der Waals surface area contributed by atoms with E-state index in [9.17, 15) is 4.79 Å². The minimum Gasteiger partial charge on any atom is -0.354 e. The van der Waals surface area contributed by atoms with E-state index < -0.39 is 0 Å². The lowest BCUT2D eigenvalue weighted by Crippen LogP contribution is -2.36. The standard InChI is InChI=1S/C9H13N3O/c1-7-4-11-12(6-7)8-2-3-9(13)10-5-8/h4,6,8H,2-3,5H2,1H3,(H,10,13). The van der Waals surface area contributed by atoms with E-state index in [1.54, 1.807) is 0 Å². The monoisotopic (exact) mass is 179 g/mol. The molecule has 1 amide bonds. The van der Waals surface area contributed by atoms with Crippen LogP contribution in [0.25, 0.3) is 0 Å². The van der Waals surface area contributed by atoms with Crippen molar-refractivity contribution in [2.24, 2.45) is 0 Å². The molecular formula is C9H13N3O. The first kappa shape index (κ1) is 8.29. The summed E-state index contributed by atoms with van der Waals surface area (Å²) in [6.07, 6.45) is 5.37. The highest BCUT2D eigenvalue weighted by Gasteiger charge is 2.19. The summed E-state index contributed by atoms with van der Waals surface area (Å²) in [5.74, 6) is 0.153.